The fraction of sp³-hybridized carbons (Fsp3) is 0.200. The Bertz CT molecular complexity index is 540. The highest BCUT2D eigenvalue weighted by Gasteiger charge is 2.01. The summed E-state index contributed by atoms with van der Waals surface area (Å²) in [5, 5.41) is 4.78. The summed E-state index contributed by atoms with van der Waals surface area (Å²) in [4.78, 5) is 0. The zero-order chi connectivity index (χ0) is 13.7. The third kappa shape index (κ3) is 4.05. The summed E-state index contributed by atoms with van der Waals surface area (Å²) in [6.07, 6.45) is 0. The Balaban J connectivity index is 1.81. The van der Waals surface area contributed by atoms with E-state index >= 15 is 0 Å². The lowest BCUT2D eigenvalue weighted by Gasteiger charge is -2.11. The average molecular weight is 296 g/mol. The maximum absolute atomic E-state index is 6.05. The molecule has 0 atom stereocenters. The second-order valence-corrected chi connectivity index (χ2v) is 4.99. The number of benzene rings is 2. The van der Waals surface area contributed by atoms with E-state index in [9.17, 15) is 0 Å². The molecule has 0 amide bonds. The molecule has 2 aromatic carbocycles. The van der Waals surface area contributed by atoms with Crippen LogP contribution in [0.4, 0.5) is 5.69 Å². The monoisotopic (exact) mass is 295 g/mol. The number of halogens is 2. The highest BCUT2D eigenvalue weighted by Crippen LogP contribution is 2.22. The summed E-state index contributed by atoms with van der Waals surface area (Å²) in [7, 11) is 0. The number of anilines is 1. The van der Waals surface area contributed by atoms with Crippen molar-refractivity contribution < 1.29 is 4.74 Å². The molecular formula is C15H15Cl2NO. The van der Waals surface area contributed by atoms with Crippen LogP contribution in [0, 0.1) is 6.92 Å². The van der Waals surface area contributed by atoms with E-state index in [0.29, 0.717) is 18.2 Å². The van der Waals surface area contributed by atoms with E-state index < -0.39 is 0 Å². The smallest absolute Gasteiger partial charge is 0.119 e. The van der Waals surface area contributed by atoms with Crippen LogP contribution in [0.5, 0.6) is 5.75 Å². The standard InChI is InChI=1S/C15H15Cl2NO/c1-11-14(17)3-2-4-15(11)18-9-10-19-13-7-5-12(16)6-8-13/h2-8,18H,9-10H2,1H3. The van der Waals surface area contributed by atoms with E-state index in [0.717, 1.165) is 22.0 Å². The molecule has 1 N–H and O–H groups in total. The van der Waals surface area contributed by atoms with Crippen LogP contribution in [0.15, 0.2) is 42.5 Å². The Kier molecular flexibility index (Phi) is 4.94. The van der Waals surface area contributed by atoms with Gasteiger partial charge in [-0.25, -0.2) is 0 Å². The first-order chi connectivity index (χ1) is 9.16. The van der Waals surface area contributed by atoms with E-state index in [2.05, 4.69) is 5.32 Å². The minimum absolute atomic E-state index is 0.577. The van der Waals surface area contributed by atoms with Gasteiger partial charge in [0.25, 0.3) is 0 Å². The maximum atomic E-state index is 6.05. The van der Waals surface area contributed by atoms with Crippen LogP contribution in [0.2, 0.25) is 10.0 Å². The van der Waals surface area contributed by atoms with Crippen molar-refractivity contribution >= 4 is 28.9 Å². The van der Waals surface area contributed by atoms with Crippen LogP contribution in [0.25, 0.3) is 0 Å². The zero-order valence-corrected chi connectivity index (χ0v) is 12.1. The second kappa shape index (κ2) is 6.69. The van der Waals surface area contributed by atoms with Gasteiger partial charge in [0.2, 0.25) is 0 Å². The molecule has 0 aromatic heterocycles. The summed E-state index contributed by atoms with van der Waals surface area (Å²) in [5.74, 6) is 0.814. The molecule has 0 aliphatic heterocycles. The maximum Gasteiger partial charge on any atom is 0.119 e. The Hall–Kier alpha value is -1.38. The number of hydrogen-bond donors (Lipinski definition) is 1. The molecule has 2 nitrogen and oxygen atoms in total. The molecule has 0 spiro atoms. The number of nitrogens with one attached hydrogen (secondary N) is 1. The van der Waals surface area contributed by atoms with Gasteiger partial charge >= 0.3 is 0 Å². The van der Waals surface area contributed by atoms with E-state index in [-0.39, 0.29) is 0 Å². The lowest BCUT2D eigenvalue weighted by Crippen LogP contribution is -2.12. The SMILES string of the molecule is Cc1c(Cl)cccc1NCCOc1ccc(Cl)cc1. The molecule has 0 bridgehead atoms. The van der Waals surface area contributed by atoms with Gasteiger partial charge in [-0.1, -0.05) is 29.3 Å². The van der Waals surface area contributed by atoms with Crippen molar-refractivity contribution in [1.82, 2.24) is 0 Å². The predicted octanol–water partition coefficient (Wildman–Crippen LogP) is 4.79. The first kappa shape index (κ1) is 14.0. The first-order valence-electron chi connectivity index (χ1n) is 6.04. The minimum Gasteiger partial charge on any atom is -0.492 e. The topological polar surface area (TPSA) is 21.3 Å². The van der Waals surface area contributed by atoms with Gasteiger partial charge < -0.3 is 10.1 Å². The van der Waals surface area contributed by atoms with E-state index in [1.54, 1.807) is 0 Å². The quantitative estimate of drug-likeness (QED) is 0.801. The van der Waals surface area contributed by atoms with Gasteiger partial charge in [-0.3, -0.25) is 0 Å². The molecule has 0 radical (unpaired) electrons. The predicted molar refractivity (Wildman–Crippen MR) is 81.6 cm³/mol. The summed E-state index contributed by atoms with van der Waals surface area (Å²) in [6, 6.07) is 13.1. The van der Waals surface area contributed by atoms with Gasteiger partial charge in [-0.2, -0.15) is 0 Å². The molecule has 0 heterocycles. The number of hydrogen-bond acceptors (Lipinski definition) is 2. The van der Waals surface area contributed by atoms with E-state index in [1.807, 2.05) is 49.4 Å². The normalized spacial score (nSPS) is 10.3. The fourth-order valence-corrected chi connectivity index (χ4v) is 1.98. The van der Waals surface area contributed by atoms with Crippen LogP contribution < -0.4 is 10.1 Å². The number of rotatable bonds is 5. The van der Waals surface area contributed by atoms with Gasteiger partial charge in [0, 0.05) is 22.3 Å². The molecule has 2 rings (SSSR count). The van der Waals surface area contributed by atoms with Crippen molar-refractivity contribution in [2.75, 3.05) is 18.5 Å². The highest BCUT2D eigenvalue weighted by molar-refractivity contribution is 6.31. The van der Waals surface area contributed by atoms with Crippen LogP contribution in [-0.4, -0.2) is 13.2 Å². The van der Waals surface area contributed by atoms with Crippen LogP contribution >= 0.6 is 23.2 Å². The zero-order valence-electron chi connectivity index (χ0n) is 10.6. The summed E-state index contributed by atoms with van der Waals surface area (Å²) in [5.41, 5.74) is 2.09. The van der Waals surface area contributed by atoms with Crippen molar-refractivity contribution in [2.45, 2.75) is 6.92 Å². The molecule has 0 aliphatic carbocycles. The Morgan fingerprint density at radius 3 is 2.53 bits per heavy atom. The fourth-order valence-electron chi connectivity index (χ4n) is 1.68. The minimum atomic E-state index is 0.577. The Morgan fingerprint density at radius 2 is 1.79 bits per heavy atom. The van der Waals surface area contributed by atoms with Crippen molar-refractivity contribution in [3.05, 3.63) is 58.1 Å². The third-order valence-corrected chi connectivity index (χ3v) is 3.43. The highest BCUT2D eigenvalue weighted by atomic mass is 35.5. The molecule has 0 unspecified atom stereocenters. The molecule has 19 heavy (non-hydrogen) atoms. The van der Waals surface area contributed by atoms with Crippen molar-refractivity contribution in [2.24, 2.45) is 0 Å². The van der Waals surface area contributed by atoms with Crippen LogP contribution in [0.3, 0.4) is 0 Å². The molecule has 4 heteroatoms. The third-order valence-electron chi connectivity index (χ3n) is 2.77. The summed E-state index contributed by atoms with van der Waals surface area (Å²) in [6.45, 7) is 3.28. The molecule has 100 valence electrons. The van der Waals surface area contributed by atoms with Crippen molar-refractivity contribution in [3.8, 4) is 5.75 Å². The average Bonchev–Trinajstić information content (AvgIpc) is 2.41. The van der Waals surface area contributed by atoms with Gasteiger partial charge in [0.15, 0.2) is 0 Å². The van der Waals surface area contributed by atoms with Gasteiger partial charge in [0.05, 0.1) is 0 Å². The van der Waals surface area contributed by atoms with Gasteiger partial charge in [-0.15, -0.1) is 0 Å². The molecule has 0 saturated carbocycles. The molecule has 0 aliphatic rings. The Labute approximate surface area is 123 Å². The van der Waals surface area contributed by atoms with Gasteiger partial charge in [0.1, 0.15) is 12.4 Å². The summed E-state index contributed by atoms with van der Waals surface area (Å²) < 4.78 is 5.60. The first-order valence-corrected chi connectivity index (χ1v) is 6.80. The Morgan fingerprint density at radius 1 is 1.05 bits per heavy atom. The van der Waals surface area contributed by atoms with Gasteiger partial charge in [-0.05, 0) is 48.9 Å². The summed E-state index contributed by atoms with van der Waals surface area (Å²) >= 11 is 11.9. The van der Waals surface area contributed by atoms with Crippen molar-refractivity contribution in [1.29, 1.82) is 0 Å². The number of ether oxygens (including phenoxy) is 1. The largest absolute Gasteiger partial charge is 0.492 e. The lowest BCUT2D eigenvalue weighted by molar-refractivity contribution is 0.333. The van der Waals surface area contributed by atoms with Crippen LogP contribution in [-0.2, 0) is 0 Å². The van der Waals surface area contributed by atoms with E-state index in [1.165, 1.54) is 0 Å². The second-order valence-electron chi connectivity index (χ2n) is 4.14. The lowest BCUT2D eigenvalue weighted by atomic mass is 10.2. The molecular weight excluding hydrogens is 281 g/mol. The van der Waals surface area contributed by atoms with Crippen LogP contribution in [0.1, 0.15) is 5.56 Å². The molecule has 2 aromatic rings. The van der Waals surface area contributed by atoms with Crippen molar-refractivity contribution in [3.63, 3.8) is 0 Å². The van der Waals surface area contributed by atoms with E-state index in [4.69, 9.17) is 27.9 Å². The molecule has 0 fully saturated rings. The molecule has 0 saturated heterocycles.